The molecular formula is C17H31ClO. The highest BCUT2D eigenvalue weighted by atomic mass is 35.5. The van der Waals surface area contributed by atoms with Gasteiger partial charge in [0.05, 0.1) is 12.2 Å². The van der Waals surface area contributed by atoms with Gasteiger partial charge in [-0.25, -0.2) is 0 Å². The minimum atomic E-state index is 0.359. The molecule has 1 aliphatic carbocycles. The van der Waals surface area contributed by atoms with Crippen molar-refractivity contribution in [3.63, 3.8) is 0 Å². The Balaban J connectivity index is 1.90. The van der Waals surface area contributed by atoms with Crippen LogP contribution in [-0.2, 0) is 4.74 Å². The van der Waals surface area contributed by atoms with Gasteiger partial charge in [0.25, 0.3) is 0 Å². The van der Waals surface area contributed by atoms with E-state index < -0.39 is 0 Å². The molecule has 1 saturated heterocycles. The predicted octanol–water partition coefficient (Wildman–Crippen LogP) is 5.41. The van der Waals surface area contributed by atoms with Crippen LogP contribution in [0, 0.1) is 16.7 Å². The molecule has 0 amide bonds. The van der Waals surface area contributed by atoms with Crippen molar-refractivity contribution in [3.8, 4) is 0 Å². The van der Waals surface area contributed by atoms with Crippen LogP contribution in [0.4, 0.5) is 0 Å². The minimum absolute atomic E-state index is 0.359. The second kappa shape index (κ2) is 5.93. The Bertz CT molecular complexity index is 286. The van der Waals surface area contributed by atoms with E-state index in [0.29, 0.717) is 23.0 Å². The molecule has 2 unspecified atom stereocenters. The van der Waals surface area contributed by atoms with Gasteiger partial charge in [-0.05, 0) is 68.6 Å². The largest absolute Gasteiger partial charge is 0.375 e. The topological polar surface area (TPSA) is 9.23 Å². The predicted molar refractivity (Wildman–Crippen MR) is 82.8 cm³/mol. The molecular weight excluding hydrogens is 256 g/mol. The molecule has 2 rings (SSSR count). The van der Waals surface area contributed by atoms with Gasteiger partial charge in [-0.15, -0.1) is 11.6 Å². The van der Waals surface area contributed by atoms with E-state index in [-0.39, 0.29) is 0 Å². The standard InChI is InChI=1S/C17H31ClO/c1-13-5-6-15(19-13)11-17(12-18)9-7-14(8-10-17)16(2,3)4/h13-15H,5-12H2,1-4H3. The highest BCUT2D eigenvalue weighted by Crippen LogP contribution is 2.49. The lowest BCUT2D eigenvalue weighted by Gasteiger charge is -2.44. The Morgan fingerprint density at radius 2 is 1.74 bits per heavy atom. The molecule has 0 spiro atoms. The van der Waals surface area contributed by atoms with Crippen LogP contribution >= 0.6 is 11.6 Å². The summed E-state index contributed by atoms with van der Waals surface area (Å²) in [5.74, 6) is 1.69. The van der Waals surface area contributed by atoms with Crippen molar-refractivity contribution in [1.82, 2.24) is 0 Å². The summed E-state index contributed by atoms with van der Waals surface area (Å²) in [5.41, 5.74) is 0.814. The van der Waals surface area contributed by atoms with E-state index in [1.54, 1.807) is 0 Å². The number of alkyl halides is 1. The minimum Gasteiger partial charge on any atom is -0.375 e. The van der Waals surface area contributed by atoms with Gasteiger partial charge in [0.2, 0.25) is 0 Å². The van der Waals surface area contributed by atoms with Crippen LogP contribution in [0.5, 0.6) is 0 Å². The molecule has 19 heavy (non-hydrogen) atoms. The molecule has 0 N–H and O–H groups in total. The molecule has 1 nitrogen and oxygen atoms in total. The fourth-order valence-electron chi connectivity index (χ4n) is 4.01. The summed E-state index contributed by atoms with van der Waals surface area (Å²) in [6, 6.07) is 0. The molecule has 0 radical (unpaired) electrons. The van der Waals surface area contributed by atoms with Crippen molar-refractivity contribution in [2.75, 3.05) is 5.88 Å². The quantitative estimate of drug-likeness (QED) is 0.631. The first-order valence-corrected chi connectivity index (χ1v) is 8.59. The third-order valence-corrected chi connectivity index (χ3v) is 6.10. The van der Waals surface area contributed by atoms with E-state index >= 15 is 0 Å². The van der Waals surface area contributed by atoms with Gasteiger partial charge >= 0.3 is 0 Å². The fraction of sp³-hybridized carbons (Fsp3) is 1.00. The highest BCUT2D eigenvalue weighted by molar-refractivity contribution is 6.18. The van der Waals surface area contributed by atoms with Crippen molar-refractivity contribution in [3.05, 3.63) is 0 Å². The third-order valence-electron chi connectivity index (χ3n) is 5.54. The molecule has 0 bridgehead atoms. The van der Waals surface area contributed by atoms with E-state index in [4.69, 9.17) is 16.3 Å². The summed E-state index contributed by atoms with van der Waals surface area (Å²) < 4.78 is 6.03. The smallest absolute Gasteiger partial charge is 0.0585 e. The van der Waals surface area contributed by atoms with Gasteiger partial charge in [0.1, 0.15) is 0 Å². The summed E-state index contributed by atoms with van der Waals surface area (Å²) >= 11 is 6.36. The zero-order chi connectivity index (χ0) is 14.1. The first kappa shape index (κ1) is 15.6. The zero-order valence-electron chi connectivity index (χ0n) is 13.2. The molecule has 2 atom stereocenters. The van der Waals surface area contributed by atoms with E-state index in [9.17, 15) is 0 Å². The first-order valence-electron chi connectivity index (χ1n) is 8.06. The Kier molecular flexibility index (Phi) is 4.88. The molecule has 112 valence electrons. The zero-order valence-corrected chi connectivity index (χ0v) is 13.9. The van der Waals surface area contributed by atoms with Gasteiger partial charge in [-0.3, -0.25) is 0 Å². The Morgan fingerprint density at radius 1 is 1.11 bits per heavy atom. The van der Waals surface area contributed by atoms with Crippen molar-refractivity contribution in [2.45, 2.75) is 84.8 Å². The lowest BCUT2D eigenvalue weighted by molar-refractivity contribution is 0.00546. The van der Waals surface area contributed by atoms with Gasteiger partial charge in [-0.2, -0.15) is 0 Å². The molecule has 2 fully saturated rings. The molecule has 0 aromatic carbocycles. The number of hydrogen-bond donors (Lipinski definition) is 0. The normalized spacial score (nSPS) is 40.6. The number of hydrogen-bond acceptors (Lipinski definition) is 1. The van der Waals surface area contributed by atoms with Crippen LogP contribution < -0.4 is 0 Å². The van der Waals surface area contributed by atoms with Crippen LogP contribution in [-0.4, -0.2) is 18.1 Å². The molecule has 1 aliphatic heterocycles. The molecule has 0 aromatic heterocycles. The molecule has 1 heterocycles. The Morgan fingerprint density at radius 3 is 2.16 bits per heavy atom. The maximum atomic E-state index is 6.36. The van der Waals surface area contributed by atoms with E-state index in [1.807, 2.05) is 0 Å². The summed E-state index contributed by atoms with van der Waals surface area (Å²) in [5, 5.41) is 0. The summed E-state index contributed by atoms with van der Waals surface area (Å²) in [6.45, 7) is 9.34. The lowest BCUT2D eigenvalue weighted by atomic mass is 9.63. The Hall–Kier alpha value is 0.250. The molecule has 2 heteroatoms. The monoisotopic (exact) mass is 286 g/mol. The maximum absolute atomic E-state index is 6.36. The molecule has 0 aromatic rings. The van der Waals surface area contributed by atoms with Crippen LogP contribution in [0.2, 0.25) is 0 Å². The van der Waals surface area contributed by atoms with Crippen molar-refractivity contribution >= 4 is 11.6 Å². The number of halogens is 1. The van der Waals surface area contributed by atoms with E-state index in [0.717, 1.165) is 11.8 Å². The van der Waals surface area contributed by atoms with Crippen LogP contribution in [0.1, 0.15) is 72.6 Å². The number of ether oxygens (including phenoxy) is 1. The van der Waals surface area contributed by atoms with Crippen LogP contribution in [0.25, 0.3) is 0 Å². The maximum Gasteiger partial charge on any atom is 0.0585 e. The van der Waals surface area contributed by atoms with Crippen LogP contribution in [0.15, 0.2) is 0 Å². The second-order valence-corrected chi connectivity index (χ2v) is 8.39. The summed E-state index contributed by atoms with van der Waals surface area (Å²) in [4.78, 5) is 0. The van der Waals surface area contributed by atoms with Gasteiger partial charge in [0, 0.05) is 5.88 Å². The Labute approximate surface area is 124 Å². The first-order chi connectivity index (χ1) is 8.85. The average molecular weight is 287 g/mol. The summed E-state index contributed by atoms with van der Waals surface area (Å²) in [6.07, 6.45) is 9.88. The van der Waals surface area contributed by atoms with E-state index in [1.165, 1.54) is 44.9 Å². The van der Waals surface area contributed by atoms with Crippen molar-refractivity contribution < 1.29 is 4.74 Å². The van der Waals surface area contributed by atoms with Gasteiger partial charge < -0.3 is 4.74 Å². The van der Waals surface area contributed by atoms with Crippen molar-refractivity contribution in [1.29, 1.82) is 0 Å². The van der Waals surface area contributed by atoms with Gasteiger partial charge in [0.15, 0.2) is 0 Å². The average Bonchev–Trinajstić information content (AvgIpc) is 2.74. The van der Waals surface area contributed by atoms with Crippen molar-refractivity contribution in [2.24, 2.45) is 16.7 Å². The second-order valence-electron chi connectivity index (χ2n) is 8.12. The molecule has 2 aliphatic rings. The third kappa shape index (κ3) is 3.88. The highest BCUT2D eigenvalue weighted by Gasteiger charge is 2.40. The van der Waals surface area contributed by atoms with Crippen LogP contribution in [0.3, 0.4) is 0 Å². The summed E-state index contributed by atoms with van der Waals surface area (Å²) in [7, 11) is 0. The SMILES string of the molecule is CC1CCC(CC2(CCl)CCC(C(C)(C)C)CC2)O1. The number of rotatable bonds is 3. The molecule has 1 saturated carbocycles. The van der Waals surface area contributed by atoms with E-state index in [2.05, 4.69) is 27.7 Å². The lowest BCUT2D eigenvalue weighted by Crippen LogP contribution is -2.36. The van der Waals surface area contributed by atoms with Gasteiger partial charge in [-0.1, -0.05) is 20.8 Å². The fourth-order valence-corrected chi connectivity index (χ4v) is 4.38.